The van der Waals surface area contributed by atoms with Crippen molar-refractivity contribution in [1.82, 2.24) is 5.43 Å². The summed E-state index contributed by atoms with van der Waals surface area (Å²) in [6.07, 6.45) is 6.70. The Balaban J connectivity index is 1.76. The van der Waals surface area contributed by atoms with E-state index >= 15 is 0 Å². The second kappa shape index (κ2) is 11.8. The first-order chi connectivity index (χ1) is 14.1. The molecule has 0 radical (unpaired) electrons. The number of nitrogens with zero attached hydrogens (tertiary/aromatic N) is 1. The molecule has 29 heavy (non-hydrogen) atoms. The molecule has 0 atom stereocenters. The second-order valence-electron chi connectivity index (χ2n) is 5.83. The van der Waals surface area contributed by atoms with Gasteiger partial charge in [-0.2, -0.15) is 5.10 Å². The molecule has 0 heterocycles. The Hall–Kier alpha value is -3.79. The summed E-state index contributed by atoms with van der Waals surface area (Å²) in [4.78, 5) is 23.9. The molecule has 0 aliphatic heterocycles. The Kier molecular flexibility index (Phi) is 8.77. The van der Waals surface area contributed by atoms with Gasteiger partial charge < -0.3 is 14.8 Å². The number of para-hydroxylation sites is 1. The highest BCUT2D eigenvalue weighted by atomic mass is 16.5. The Morgan fingerprint density at radius 1 is 1.07 bits per heavy atom. The molecule has 0 aromatic heterocycles. The fraction of sp³-hybridized carbons (Fsp3) is 0.227. The van der Waals surface area contributed by atoms with Crippen LogP contribution in [0.5, 0.6) is 11.5 Å². The van der Waals surface area contributed by atoms with Gasteiger partial charge in [-0.1, -0.05) is 18.1 Å². The summed E-state index contributed by atoms with van der Waals surface area (Å²) in [7, 11) is 0. The zero-order valence-corrected chi connectivity index (χ0v) is 16.2. The smallest absolute Gasteiger partial charge is 0.240 e. The number of anilines is 1. The van der Waals surface area contributed by atoms with Gasteiger partial charge in [-0.15, -0.1) is 6.42 Å². The number of terminal acetylenes is 1. The summed E-state index contributed by atoms with van der Waals surface area (Å²) in [6.45, 7) is 2.62. The lowest BCUT2D eigenvalue weighted by Gasteiger charge is -2.07. The monoisotopic (exact) mass is 393 g/mol. The Morgan fingerprint density at radius 3 is 2.52 bits per heavy atom. The molecule has 2 N–H and O–H groups in total. The number of hydrogen-bond donors (Lipinski definition) is 2. The molecule has 0 fully saturated rings. The maximum atomic E-state index is 12.0. The van der Waals surface area contributed by atoms with Gasteiger partial charge in [-0.3, -0.25) is 9.59 Å². The van der Waals surface area contributed by atoms with Crippen molar-refractivity contribution >= 4 is 23.7 Å². The number of nitrogens with one attached hydrogen (secondary N) is 2. The Morgan fingerprint density at radius 2 is 1.79 bits per heavy atom. The molecular weight excluding hydrogens is 370 g/mol. The van der Waals surface area contributed by atoms with Gasteiger partial charge in [0.1, 0.15) is 18.1 Å². The van der Waals surface area contributed by atoms with Crippen molar-refractivity contribution in [2.45, 2.75) is 19.8 Å². The zero-order chi connectivity index (χ0) is 20.9. The van der Waals surface area contributed by atoms with Crippen LogP contribution in [0.25, 0.3) is 0 Å². The lowest BCUT2D eigenvalue weighted by Crippen LogP contribution is -2.20. The van der Waals surface area contributed by atoms with Crippen molar-refractivity contribution in [3.63, 3.8) is 0 Å². The normalized spacial score (nSPS) is 10.2. The summed E-state index contributed by atoms with van der Waals surface area (Å²) in [6, 6.07) is 14.2. The summed E-state index contributed by atoms with van der Waals surface area (Å²) in [5, 5.41) is 6.63. The highest BCUT2D eigenvalue weighted by Crippen LogP contribution is 2.16. The molecule has 150 valence electrons. The minimum absolute atomic E-state index is 0.00937. The highest BCUT2D eigenvalue weighted by molar-refractivity contribution is 5.93. The van der Waals surface area contributed by atoms with Crippen LogP contribution in [-0.2, 0) is 9.59 Å². The number of benzene rings is 2. The van der Waals surface area contributed by atoms with E-state index in [4.69, 9.17) is 15.9 Å². The molecule has 2 amide bonds. The van der Waals surface area contributed by atoms with Crippen LogP contribution in [0.2, 0.25) is 0 Å². The molecule has 7 nitrogen and oxygen atoms in total. The summed E-state index contributed by atoms with van der Waals surface area (Å²) in [5.74, 6) is 3.06. The molecule has 0 aliphatic carbocycles. The SMILES string of the molecule is C#CCOc1ccccc1C=NNC(=O)CCC(=O)Nc1ccc(OCC)cc1. The first kappa shape index (κ1) is 21.5. The number of rotatable bonds is 10. The highest BCUT2D eigenvalue weighted by Gasteiger charge is 2.07. The lowest BCUT2D eigenvalue weighted by molar-refractivity contribution is -0.124. The van der Waals surface area contributed by atoms with Crippen molar-refractivity contribution in [3.05, 3.63) is 54.1 Å². The van der Waals surface area contributed by atoms with Crippen LogP contribution in [-0.4, -0.2) is 31.2 Å². The van der Waals surface area contributed by atoms with Gasteiger partial charge in [0.05, 0.1) is 12.8 Å². The van der Waals surface area contributed by atoms with E-state index in [0.717, 1.165) is 5.75 Å². The van der Waals surface area contributed by atoms with Crippen molar-refractivity contribution in [2.24, 2.45) is 5.10 Å². The van der Waals surface area contributed by atoms with E-state index in [9.17, 15) is 9.59 Å². The van der Waals surface area contributed by atoms with Gasteiger partial charge in [-0.25, -0.2) is 5.43 Å². The second-order valence-corrected chi connectivity index (χ2v) is 5.83. The van der Waals surface area contributed by atoms with Gasteiger partial charge in [0.2, 0.25) is 11.8 Å². The third-order valence-electron chi connectivity index (χ3n) is 3.65. The van der Waals surface area contributed by atoms with Crippen LogP contribution < -0.4 is 20.2 Å². The van der Waals surface area contributed by atoms with Crippen molar-refractivity contribution < 1.29 is 19.1 Å². The maximum absolute atomic E-state index is 12.0. The van der Waals surface area contributed by atoms with E-state index in [-0.39, 0.29) is 31.3 Å². The number of carbonyl (C=O) groups is 2. The molecule has 0 unspecified atom stereocenters. The van der Waals surface area contributed by atoms with Gasteiger partial charge in [-0.05, 0) is 43.3 Å². The van der Waals surface area contributed by atoms with E-state index in [2.05, 4.69) is 21.8 Å². The van der Waals surface area contributed by atoms with Crippen LogP contribution in [0.1, 0.15) is 25.3 Å². The Bertz CT molecular complexity index is 886. The van der Waals surface area contributed by atoms with E-state index in [0.29, 0.717) is 23.6 Å². The maximum Gasteiger partial charge on any atom is 0.240 e. The van der Waals surface area contributed by atoms with E-state index < -0.39 is 0 Å². The third-order valence-corrected chi connectivity index (χ3v) is 3.65. The molecule has 0 saturated carbocycles. The molecule has 0 saturated heterocycles. The predicted molar refractivity (Wildman–Crippen MR) is 112 cm³/mol. The minimum atomic E-state index is -0.370. The van der Waals surface area contributed by atoms with Crippen LogP contribution >= 0.6 is 0 Å². The van der Waals surface area contributed by atoms with Gasteiger partial charge in [0.25, 0.3) is 0 Å². The molecule has 2 rings (SSSR count). The molecule has 0 aliphatic rings. The summed E-state index contributed by atoms with van der Waals surface area (Å²) < 4.78 is 10.7. The van der Waals surface area contributed by atoms with Gasteiger partial charge in [0, 0.05) is 24.1 Å². The van der Waals surface area contributed by atoms with Gasteiger partial charge in [0.15, 0.2) is 0 Å². The molecular formula is C22H23N3O4. The first-order valence-corrected chi connectivity index (χ1v) is 9.12. The molecule has 2 aromatic carbocycles. The number of amides is 2. The lowest BCUT2D eigenvalue weighted by atomic mass is 10.2. The Labute approximate surface area is 170 Å². The summed E-state index contributed by atoms with van der Waals surface area (Å²) >= 11 is 0. The largest absolute Gasteiger partial charge is 0.494 e. The average molecular weight is 393 g/mol. The first-order valence-electron chi connectivity index (χ1n) is 9.12. The molecule has 0 bridgehead atoms. The van der Waals surface area contributed by atoms with Crippen molar-refractivity contribution in [2.75, 3.05) is 18.5 Å². The predicted octanol–water partition coefficient (Wildman–Crippen LogP) is 2.97. The summed E-state index contributed by atoms with van der Waals surface area (Å²) in [5.41, 5.74) is 3.71. The van der Waals surface area contributed by atoms with E-state index in [1.54, 1.807) is 36.4 Å². The van der Waals surface area contributed by atoms with Crippen molar-refractivity contribution in [1.29, 1.82) is 0 Å². The fourth-order valence-electron chi connectivity index (χ4n) is 2.32. The van der Waals surface area contributed by atoms with E-state index in [1.165, 1.54) is 6.21 Å². The minimum Gasteiger partial charge on any atom is -0.494 e. The number of hydrogen-bond acceptors (Lipinski definition) is 5. The van der Waals surface area contributed by atoms with Crippen LogP contribution in [0.3, 0.4) is 0 Å². The molecule has 0 spiro atoms. The average Bonchev–Trinajstić information content (AvgIpc) is 2.73. The fourth-order valence-corrected chi connectivity index (χ4v) is 2.32. The van der Waals surface area contributed by atoms with Crippen LogP contribution in [0.15, 0.2) is 53.6 Å². The number of ether oxygens (including phenoxy) is 2. The zero-order valence-electron chi connectivity index (χ0n) is 16.2. The van der Waals surface area contributed by atoms with Crippen LogP contribution in [0.4, 0.5) is 5.69 Å². The molecule has 7 heteroatoms. The van der Waals surface area contributed by atoms with Crippen LogP contribution in [0, 0.1) is 12.3 Å². The molecule has 2 aromatic rings. The number of carbonyl (C=O) groups excluding carboxylic acids is 2. The quantitative estimate of drug-likeness (QED) is 0.369. The number of hydrazone groups is 1. The standard InChI is InChI=1S/C22H23N3O4/c1-3-15-29-20-8-6-5-7-17(20)16-23-25-22(27)14-13-21(26)24-18-9-11-19(12-10-18)28-4-2/h1,5-12,16H,4,13-15H2,2H3,(H,24,26)(H,25,27). The van der Waals surface area contributed by atoms with E-state index in [1.807, 2.05) is 19.1 Å². The van der Waals surface area contributed by atoms with Gasteiger partial charge >= 0.3 is 0 Å². The topological polar surface area (TPSA) is 89.0 Å². The van der Waals surface area contributed by atoms with Crippen molar-refractivity contribution in [3.8, 4) is 23.8 Å². The third kappa shape index (κ3) is 7.77.